The highest BCUT2D eigenvalue weighted by Crippen LogP contribution is 2.30. The Bertz CT molecular complexity index is 1410. The molecule has 3 atom stereocenters. The van der Waals surface area contributed by atoms with E-state index in [9.17, 15) is 0 Å². The molecule has 240 valence electrons. The van der Waals surface area contributed by atoms with E-state index in [1.807, 2.05) is 46.1 Å². The van der Waals surface area contributed by atoms with Gasteiger partial charge in [-0.25, -0.2) is 0 Å². The molecule has 3 unspecified atom stereocenters. The molecule has 1 aliphatic heterocycles. The number of nitrogens with zero attached hydrogens (tertiary/aromatic N) is 1. The van der Waals surface area contributed by atoms with Crippen LogP contribution in [-0.4, -0.2) is 12.3 Å². The topological polar surface area (TPSA) is 12.4 Å². The van der Waals surface area contributed by atoms with Gasteiger partial charge in [-0.2, -0.15) is 0 Å². The second kappa shape index (κ2) is 24.2. The van der Waals surface area contributed by atoms with Crippen molar-refractivity contribution in [2.45, 2.75) is 94.5 Å². The average molecular weight is 602 g/mol. The van der Waals surface area contributed by atoms with Gasteiger partial charge in [0.25, 0.3) is 0 Å². The molecule has 0 amide bonds. The number of aliphatic imine (C=N–C) groups is 1. The summed E-state index contributed by atoms with van der Waals surface area (Å²) >= 11 is 0. The molecule has 0 fully saturated rings. The van der Waals surface area contributed by atoms with Gasteiger partial charge >= 0.3 is 0 Å². The minimum atomic E-state index is 0.329. The molecule has 1 heterocycles. The highest BCUT2D eigenvalue weighted by atomic mass is 14.8. The molecule has 0 aromatic heterocycles. The molecule has 1 aliphatic rings. The summed E-state index contributed by atoms with van der Waals surface area (Å²) in [7, 11) is 0. The van der Waals surface area contributed by atoms with Crippen LogP contribution in [0.25, 0.3) is 6.08 Å². The third-order valence-corrected chi connectivity index (χ3v) is 7.63. The van der Waals surface area contributed by atoms with Crippen LogP contribution >= 0.6 is 0 Å². The van der Waals surface area contributed by atoms with Gasteiger partial charge in [-0.15, -0.1) is 18.1 Å². The normalized spacial score (nSPS) is 13.5. The molecule has 0 saturated heterocycles. The molecule has 3 aromatic carbocycles. The maximum Gasteiger partial charge on any atom is 0.0687 e. The van der Waals surface area contributed by atoms with E-state index in [4.69, 9.17) is 0 Å². The molecule has 3 aromatic rings. The zero-order valence-electron chi connectivity index (χ0n) is 30.0. The lowest BCUT2D eigenvalue weighted by Gasteiger charge is -2.24. The van der Waals surface area contributed by atoms with E-state index in [0.717, 1.165) is 19.3 Å². The molecule has 1 heteroatoms. The van der Waals surface area contributed by atoms with Crippen molar-refractivity contribution < 1.29 is 0 Å². The summed E-state index contributed by atoms with van der Waals surface area (Å²) in [6.07, 6.45) is 15.6. The largest absolute Gasteiger partial charge is 0.286 e. The summed E-state index contributed by atoms with van der Waals surface area (Å²) in [5, 5.41) is 0. The van der Waals surface area contributed by atoms with Crippen molar-refractivity contribution >= 4 is 12.3 Å². The number of aryl methyl sites for hydroxylation is 2. The summed E-state index contributed by atoms with van der Waals surface area (Å²) in [6, 6.07) is 24.3. The van der Waals surface area contributed by atoms with E-state index < -0.39 is 0 Å². The summed E-state index contributed by atoms with van der Waals surface area (Å²) in [5.41, 5.74) is 13.7. The molecule has 0 N–H and O–H groups in total. The standard InChI is InChI=1S/C22H27N.C15H16.C3H4.2C2H6/c1-6-8-9-19-10-11-20(7-2)21(15-19)14-16(3)17(4)22-12-13-23-18(22)5;1-12-8-9-15(13(2)10-12)11-14-6-4-3-5-7-14;1-3-2;2*1-2/h7-8,10-13,15-18H,1-2,9,14H2,3-5H3;3-10H,11H2,1-2H3;1H,2H3;2*1-2H3. The fraction of sp³-hybridized carbons (Fsp3) is 0.364. The summed E-state index contributed by atoms with van der Waals surface area (Å²) < 4.78 is 0. The predicted octanol–water partition coefficient (Wildman–Crippen LogP) is 12.0. The minimum absolute atomic E-state index is 0.329. The predicted molar refractivity (Wildman–Crippen MR) is 204 cm³/mol. The zero-order valence-corrected chi connectivity index (χ0v) is 30.0. The number of terminal acetylenes is 1. The van der Waals surface area contributed by atoms with Crippen LogP contribution in [0.15, 0.2) is 108 Å². The Hall–Kier alpha value is -4.11. The van der Waals surface area contributed by atoms with Crippen LogP contribution in [0, 0.1) is 38.0 Å². The van der Waals surface area contributed by atoms with Crippen LogP contribution in [0.3, 0.4) is 0 Å². The Morgan fingerprint density at radius 2 is 1.56 bits per heavy atom. The third-order valence-electron chi connectivity index (χ3n) is 7.63. The van der Waals surface area contributed by atoms with E-state index >= 15 is 0 Å². The number of hydrogen-bond donors (Lipinski definition) is 0. The molecule has 0 saturated carbocycles. The van der Waals surface area contributed by atoms with Gasteiger partial charge in [0.05, 0.1) is 6.04 Å². The van der Waals surface area contributed by atoms with Gasteiger partial charge in [-0.3, -0.25) is 4.99 Å². The first-order valence-corrected chi connectivity index (χ1v) is 16.5. The maximum absolute atomic E-state index is 4.60. The first-order chi connectivity index (χ1) is 21.7. The van der Waals surface area contributed by atoms with Crippen molar-refractivity contribution in [2.75, 3.05) is 0 Å². The monoisotopic (exact) mass is 601 g/mol. The molecule has 0 spiro atoms. The Morgan fingerprint density at radius 3 is 2.09 bits per heavy atom. The third kappa shape index (κ3) is 15.0. The smallest absolute Gasteiger partial charge is 0.0687 e. The molecule has 0 radical (unpaired) electrons. The minimum Gasteiger partial charge on any atom is -0.286 e. The van der Waals surface area contributed by atoms with Crippen molar-refractivity contribution in [2.24, 2.45) is 16.8 Å². The number of hydrogen-bond acceptors (Lipinski definition) is 1. The van der Waals surface area contributed by atoms with Gasteiger partial charge in [0, 0.05) is 6.21 Å². The van der Waals surface area contributed by atoms with E-state index in [0.29, 0.717) is 17.9 Å². The second-order valence-electron chi connectivity index (χ2n) is 10.8. The van der Waals surface area contributed by atoms with Crippen LogP contribution in [0.4, 0.5) is 0 Å². The molecule has 0 bridgehead atoms. The molecule has 45 heavy (non-hydrogen) atoms. The van der Waals surface area contributed by atoms with E-state index in [2.05, 4.69) is 144 Å². The average Bonchev–Trinajstić information content (AvgIpc) is 3.49. The summed E-state index contributed by atoms with van der Waals surface area (Å²) in [5.74, 6) is 3.34. The summed E-state index contributed by atoms with van der Waals surface area (Å²) in [6.45, 7) is 28.4. The number of allylic oxidation sites excluding steroid dienone is 2. The van der Waals surface area contributed by atoms with E-state index in [-0.39, 0.29) is 0 Å². The highest BCUT2D eigenvalue weighted by molar-refractivity contribution is 5.76. The van der Waals surface area contributed by atoms with Crippen molar-refractivity contribution in [1.82, 2.24) is 0 Å². The lowest BCUT2D eigenvalue weighted by molar-refractivity contribution is 0.423. The SMILES string of the molecule is C#CC.C=C=CCc1ccc(C=C)c(CC(C)C(C)C2=CC=NC2C)c1.CC.CC.Cc1ccc(Cc2ccccc2)c(C)c1. The van der Waals surface area contributed by atoms with E-state index in [1.54, 1.807) is 6.92 Å². The Morgan fingerprint density at radius 1 is 0.911 bits per heavy atom. The first kappa shape index (κ1) is 40.9. The van der Waals surface area contributed by atoms with Crippen LogP contribution < -0.4 is 0 Å². The molecule has 0 aliphatic carbocycles. The van der Waals surface area contributed by atoms with Crippen LogP contribution in [0.1, 0.15) is 94.3 Å². The molecule has 1 nitrogen and oxygen atoms in total. The van der Waals surface area contributed by atoms with Crippen LogP contribution in [0.2, 0.25) is 0 Å². The molecular weight excluding hydrogens is 542 g/mol. The van der Waals surface area contributed by atoms with Gasteiger partial charge in [0.15, 0.2) is 0 Å². The van der Waals surface area contributed by atoms with Gasteiger partial charge in [-0.05, 0) is 110 Å². The Labute approximate surface area is 277 Å². The van der Waals surface area contributed by atoms with Gasteiger partial charge < -0.3 is 0 Å². The van der Waals surface area contributed by atoms with Gasteiger partial charge in [0.1, 0.15) is 0 Å². The van der Waals surface area contributed by atoms with Gasteiger partial charge in [0.2, 0.25) is 0 Å². The molecule has 4 rings (SSSR count). The maximum atomic E-state index is 4.60. The first-order valence-electron chi connectivity index (χ1n) is 16.5. The fourth-order valence-corrected chi connectivity index (χ4v) is 5.08. The highest BCUT2D eigenvalue weighted by Gasteiger charge is 2.23. The summed E-state index contributed by atoms with van der Waals surface area (Å²) in [4.78, 5) is 4.46. The van der Waals surface area contributed by atoms with Crippen molar-refractivity contribution in [3.63, 3.8) is 0 Å². The quantitative estimate of drug-likeness (QED) is 0.171. The van der Waals surface area contributed by atoms with Crippen molar-refractivity contribution in [3.05, 3.63) is 142 Å². The Balaban J connectivity index is 0.000000756. The number of rotatable bonds is 9. The fourth-order valence-electron chi connectivity index (χ4n) is 5.08. The lowest BCUT2D eigenvalue weighted by Crippen LogP contribution is -2.18. The number of benzene rings is 3. The Kier molecular flexibility index (Phi) is 22.0. The zero-order chi connectivity index (χ0) is 34.2. The lowest BCUT2D eigenvalue weighted by atomic mass is 9.81. The van der Waals surface area contributed by atoms with Crippen molar-refractivity contribution in [1.29, 1.82) is 0 Å². The molecular formula is C44H59N. The second-order valence-corrected chi connectivity index (χ2v) is 10.8. The van der Waals surface area contributed by atoms with Crippen LogP contribution in [0.5, 0.6) is 0 Å². The van der Waals surface area contributed by atoms with Gasteiger partial charge in [-0.1, -0.05) is 133 Å². The van der Waals surface area contributed by atoms with Crippen molar-refractivity contribution in [3.8, 4) is 12.3 Å². The van der Waals surface area contributed by atoms with E-state index in [1.165, 1.54) is 44.5 Å². The van der Waals surface area contributed by atoms with Crippen LogP contribution in [-0.2, 0) is 19.3 Å².